The van der Waals surface area contributed by atoms with Crippen molar-refractivity contribution in [1.82, 2.24) is 4.90 Å². The molecule has 3 N–H and O–H groups in total. The molecule has 0 atom stereocenters. The second kappa shape index (κ2) is 6.75. The molecule has 0 aromatic heterocycles. The first-order chi connectivity index (χ1) is 8.95. The highest BCUT2D eigenvalue weighted by Gasteiger charge is 2.14. The smallest absolute Gasteiger partial charge is 0.340 e. The first kappa shape index (κ1) is 15.0. The molecular formula is C13H19N3O3. The van der Waals surface area contributed by atoms with E-state index in [0.717, 1.165) is 0 Å². The first-order valence-corrected chi connectivity index (χ1v) is 5.96. The van der Waals surface area contributed by atoms with E-state index in [1.54, 1.807) is 44.1 Å². The monoisotopic (exact) mass is 265 g/mol. The number of esters is 1. The fourth-order valence-electron chi connectivity index (χ4n) is 1.54. The van der Waals surface area contributed by atoms with Crippen LogP contribution < -0.4 is 11.1 Å². The average molecular weight is 265 g/mol. The molecule has 0 aliphatic rings. The summed E-state index contributed by atoms with van der Waals surface area (Å²) >= 11 is 0. The molecule has 6 heteroatoms. The van der Waals surface area contributed by atoms with E-state index in [2.05, 4.69) is 5.32 Å². The van der Waals surface area contributed by atoms with Crippen LogP contribution in [0.2, 0.25) is 0 Å². The summed E-state index contributed by atoms with van der Waals surface area (Å²) < 4.78 is 4.89. The molecule has 0 aliphatic carbocycles. The second-order valence-corrected chi connectivity index (χ2v) is 4.27. The van der Waals surface area contributed by atoms with Crippen molar-refractivity contribution in [2.24, 2.45) is 0 Å². The van der Waals surface area contributed by atoms with Crippen molar-refractivity contribution in [3.8, 4) is 0 Å². The van der Waals surface area contributed by atoms with Crippen LogP contribution in [0.1, 0.15) is 17.3 Å². The van der Waals surface area contributed by atoms with E-state index in [-0.39, 0.29) is 30.3 Å². The summed E-state index contributed by atoms with van der Waals surface area (Å²) in [5, 5.41) is 2.67. The molecule has 1 aromatic carbocycles. The van der Waals surface area contributed by atoms with E-state index in [0.29, 0.717) is 5.69 Å². The van der Waals surface area contributed by atoms with Crippen LogP contribution in [0.5, 0.6) is 0 Å². The Morgan fingerprint density at radius 3 is 2.63 bits per heavy atom. The molecule has 1 rings (SSSR count). The van der Waals surface area contributed by atoms with E-state index >= 15 is 0 Å². The summed E-state index contributed by atoms with van der Waals surface area (Å²) in [5.74, 6) is -0.693. The Hall–Kier alpha value is -2.08. The van der Waals surface area contributed by atoms with Crippen LogP contribution in [0, 0.1) is 0 Å². The third-order valence-electron chi connectivity index (χ3n) is 2.34. The third kappa shape index (κ3) is 4.26. The zero-order valence-electron chi connectivity index (χ0n) is 11.4. The Balaban J connectivity index is 2.89. The lowest BCUT2D eigenvalue weighted by Gasteiger charge is -2.13. The number of ether oxygens (including phenoxy) is 1. The summed E-state index contributed by atoms with van der Waals surface area (Å²) in [6.07, 6.45) is 0. The number of nitrogens with zero attached hydrogens (tertiary/aromatic N) is 1. The van der Waals surface area contributed by atoms with Crippen molar-refractivity contribution in [2.75, 3.05) is 38.3 Å². The molecule has 0 unspecified atom stereocenters. The number of nitrogens with two attached hydrogens (primary N) is 1. The van der Waals surface area contributed by atoms with Gasteiger partial charge in [0.15, 0.2) is 0 Å². The van der Waals surface area contributed by atoms with Gasteiger partial charge in [-0.05, 0) is 33.2 Å². The fourth-order valence-corrected chi connectivity index (χ4v) is 1.54. The highest BCUT2D eigenvalue weighted by molar-refractivity contribution is 6.02. The van der Waals surface area contributed by atoms with Crippen molar-refractivity contribution < 1.29 is 14.3 Å². The Bertz CT molecular complexity index is 472. The van der Waals surface area contributed by atoms with Crippen LogP contribution in [0.15, 0.2) is 18.2 Å². The van der Waals surface area contributed by atoms with Gasteiger partial charge >= 0.3 is 5.97 Å². The summed E-state index contributed by atoms with van der Waals surface area (Å²) in [6.45, 7) is 2.23. The van der Waals surface area contributed by atoms with Crippen molar-refractivity contribution in [3.05, 3.63) is 23.8 Å². The number of para-hydroxylation sites is 1. The van der Waals surface area contributed by atoms with Gasteiger partial charge in [-0.25, -0.2) is 4.79 Å². The van der Waals surface area contributed by atoms with Gasteiger partial charge in [0.1, 0.15) is 0 Å². The quantitative estimate of drug-likeness (QED) is 0.611. The van der Waals surface area contributed by atoms with Gasteiger partial charge < -0.3 is 20.7 Å². The lowest BCUT2D eigenvalue weighted by Crippen LogP contribution is -2.27. The molecule has 1 aromatic rings. The number of hydrogen-bond donors (Lipinski definition) is 2. The Morgan fingerprint density at radius 1 is 1.37 bits per heavy atom. The predicted octanol–water partition coefficient (Wildman–Crippen LogP) is 0.946. The molecule has 6 nitrogen and oxygen atoms in total. The summed E-state index contributed by atoms with van der Waals surface area (Å²) in [5.41, 5.74) is 6.75. The number of benzene rings is 1. The molecule has 0 fully saturated rings. The number of anilines is 2. The van der Waals surface area contributed by atoms with Crippen LogP contribution in [0.4, 0.5) is 11.4 Å². The Morgan fingerprint density at radius 2 is 2.05 bits per heavy atom. The molecule has 0 saturated carbocycles. The highest BCUT2D eigenvalue weighted by Crippen LogP contribution is 2.23. The molecule has 0 aliphatic heterocycles. The fraction of sp³-hybridized carbons (Fsp3) is 0.385. The van der Waals surface area contributed by atoms with E-state index in [4.69, 9.17) is 10.5 Å². The minimum Gasteiger partial charge on any atom is -0.462 e. The number of nitrogens with one attached hydrogen (secondary N) is 1. The van der Waals surface area contributed by atoms with Gasteiger partial charge in [0.2, 0.25) is 5.91 Å². The Kier molecular flexibility index (Phi) is 5.32. The summed E-state index contributed by atoms with van der Waals surface area (Å²) in [6, 6.07) is 4.86. The maximum Gasteiger partial charge on any atom is 0.340 e. The van der Waals surface area contributed by atoms with Crippen molar-refractivity contribution in [3.63, 3.8) is 0 Å². The lowest BCUT2D eigenvalue weighted by atomic mass is 10.1. The molecule has 19 heavy (non-hydrogen) atoms. The topological polar surface area (TPSA) is 84.7 Å². The van der Waals surface area contributed by atoms with Gasteiger partial charge in [-0.3, -0.25) is 4.79 Å². The zero-order valence-corrected chi connectivity index (χ0v) is 11.4. The van der Waals surface area contributed by atoms with Gasteiger partial charge in [-0.1, -0.05) is 6.07 Å². The Labute approximate surface area is 112 Å². The zero-order chi connectivity index (χ0) is 14.4. The van der Waals surface area contributed by atoms with E-state index in [1.807, 2.05) is 0 Å². The van der Waals surface area contributed by atoms with Gasteiger partial charge in [0, 0.05) is 0 Å². The average Bonchev–Trinajstić information content (AvgIpc) is 2.31. The van der Waals surface area contributed by atoms with Gasteiger partial charge in [-0.15, -0.1) is 0 Å². The number of likely N-dealkylation sites (N-methyl/N-ethyl adjacent to an activating group) is 1. The van der Waals surface area contributed by atoms with Crippen molar-refractivity contribution in [1.29, 1.82) is 0 Å². The highest BCUT2D eigenvalue weighted by atomic mass is 16.5. The molecule has 1 amide bonds. The minimum atomic E-state index is -0.497. The van der Waals surface area contributed by atoms with Gasteiger partial charge in [0.25, 0.3) is 0 Å². The van der Waals surface area contributed by atoms with Crippen LogP contribution in [-0.4, -0.2) is 44.0 Å². The largest absolute Gasteiger partial charge is 0.462 e. The SMILES string of the molecule is CCOC(=O)c1cccc(NC(=O)CN(C)C)c1N. The second-order valence-electron chi connectivity index (χ2n) is 4.27. The lowest BCUT2D eigenvalue weighted by molar-refractivity contribution is -0.116. The predicted molar refractivity (Wildman–Crippen MR) is 74.0 cm³/mol. The van der Waals surface area contributed by atoms with E-state index in [9.17, 15) is 9.59 Å². The molecular weight excluding hydrogens is 246 g/mol. The summed E-state index contributed by atoms with van der Waals surface area (Å²) in [4.78, 5) is 25.1. The number of carbonyl (C=O) groups is 2. The number of nitrogen functional groups attached to an aromatic ring is 1. The van der Waals surface area contributed by atoms with Crippen LogP contribution in [0.3, 0.4) is 0 Å². The number of rotatable bonds is 5. The van der Waals surface area contributed by atoms with Crippen LogP contribution >= 0.6 is 0 Å². The van der Waals surface area contributed by atoms with Crippen molar-refractivity contribution >= 4 is 23.3 Å². The van der Waals surface area contributed by atoms with Crippen LogP contribution in [0.25, 0.3) is 0 Å². The van der Waals surface area contributed by atoms with E-state index < -0.39 is 5.97 Å². The number of hydrogen-bond acceptors (Lipinski definition) is 5. The van der Waals surface area contributed by atoms with Gasteiger partial charge in [0.05, 0.1) is 30.1 Å². The molecule has 0 spiro atoms. The van der Waals surface area contributed by atoms with E-state index in [1.165, 1.54) is 0 Å². The molecule has 104 valence electrons. The van der Waals surface area contributed by atoms with Crippen molar-refractivity contribution in [2.45, 2.75) is 6.92 Å². The minimum absolute atomic E-state index is 0.197. The summed E-state index contributed by atoms with van der Waals surface area (Å²) in [7, 11) is 3.58. The third-order valence-corrected chi connectivity index (χ3v) is 2.34. The molecule has 0 heterocycles. The van der Waals surface area contributed by atoms with Gasteiger partial charge in [-0.2, -0.15) is 0 Å². The molecule has 0 radical (unpaired) electrons. The number of carbonyl (C=O) groups excluding carboxylic acids is 2. The molecule has 0 saturated heterocycles. The maximum absolute atomic E-state index is 11.7. The maximum atomic E-state index is 11.7. The molecule has 0 bridgehead atoms. The standard InChI is InChI=1S/C13H19N3O3/c1-4-19-13(18)9-6-5-7-10(12(9)14)15-11(17)8-16(2)3/h5-7H,4,8,14H2,1-3H3,(H,15,17). The number of amides is 1. The van der Waals surface area contributed by atoms with Crippen LogP contribution in [-0.2, 0) is 9.53 Å². The normalized spacial score (nSPS) is 10.3. The first-order valence-electron chi connectivity index (χ1n) is 5.96.